The zero-order chi connectivity index (χ0) is 14.0. The lowest BCUT2D eigenvalue weighted by Crippen LogP contribution is -2.56. The molecule has 1 saturated heterocycles. The molecule has 0 aliphatic carbocycles. The summed E-state index contributed by atoms with van der Waals surface area (Å²) in [5.41, 5.74) is 0.842. The molecule has 0 bridgehead atoms. The van der Waals surface area contributed by atoms with Gasteiger partial charge in [0.1, 0.15) is 11.6 Å². The molecule has 2 N–H and O–H groups in total. The minimum Gasteiger partial charge on any atom is -0.373 e. The van der Waals surface area contributed by atoms with Crippen molar-refractivity contribution in [1.82, 2.24) is 20.2 Å². The van der Waals surface area contributed by atoms with E-state index in [0.717, 1.165) is 11.5 Å². The van der Waals surface area contributed by atoms with Crippen molar-refractivity contribution in [2.45, 2.75) is 26.4 Å². The van der Waals surface area contributed by atoms with E-state index in [4.69, 9.17) is 0 Å². The second-order valence-electron chi connectivity index (χ2n) is 4.55. The molecule has 19 heavy (non-hydrogen) atoms. The lowest BCUT2D eigenvalue weighted by Gasteiger charge is -2.30. The molecule has 0 spiro atoms. The zero-order valence-corrected chi connectivity index (χ0v) is 11.2. The third-order valence-corrected chi connectivity index (χ3v) is 3.04. The molecule has 2 heterocycles. The standard InChI is InChI=1S/C12H17N5O2/c1-7-4-9(13-3)15-10(14-7)5-17-6-11(18)16-12(19)8(17)2/h4,8H,5-6H2,1-3H3,(H,13,14,15)(H,16,18,19). The van der Waals surface area contributed by atoms with Crippen molar-refractivity contribution >= 4 is 17.6 Å². The number of piperazine rings is 1. The average molecular weight is 263 g/mol. The van der Waals surface area contributed by atoms with Gasteiger partial charge in [-0.2, -0.15) is 0 Å². The molecule has 0 saturated carbocycles. The minimum absolute atomic E-state index is 0.180. The zero-order valence-electron chi connectivity index (χ0n) is 11.2. The summed E-state index contributed by atoms with van der Waals surface area (Å²) in [6.07, 6.45) is 0. The summed E-state index contributed by atoms with van der Waals surface area (Å²) in [5, 5.41) is 5.26. The number of amides is 2. The van der Waals surface area contributed by atoms with Gasteiger partial charge in [-0.15, -0.1) is 0 Å². The van der Waals surface area contributed by atoms with Crippen LogP contribution in [0.1, 0.15) is 18.4 Å². The van der Waals surface area contributed by atoms with Crippen molar-refractivity contribution in [2.75, 3.05) is 18.9 Å². The van der Waals surface area contributed by atoms with Crippen LogP contribution in [0.3, 0.4) is 0 Å². The first-order chi connectivity index (χ1) is 8.99. The lowest BCUT2D eigenvalue weighted by molar-refractivity contribution is -0.139. The van der Waals surface area contributed by atoms with E-state index in [9.17, 15) is 9.59 Å². The summed E-state index contributed by atoms with van der Waals surface area (Å²) >= 11 is 0. The first-order valence-electron chi connectivity index (χ1n) is 6.09. The predicted molar refractivity (Wildman–Crippen MR) is 69.3 cm³/mol. The number of hydrogen-bond donors (Lipinski definition) is 2. The fourth-order valence-electron chi connectivity index (χ4n) is 1.97. The Labute approximate surface area is 111 Å². The SMILES string of the molecule is CNc1cc(C)nc(CN2CC(=O)NC(=O)C2C)n1. The molecule has 102 valence electrons. The Kier molecular flexibility index (Phi) is 3.75. The van der Waals surface area contributed by atoms with Crippen LogP contribution in [-0.4, -0.2) is 46.3 Å². The molecule has 0 aromatic carbocycles. The van der Waals surface area contributed by atoms with E-state index in [1.807, 2.05) is 13.0 Å². The number of carbonyl (C=O) groups is 2. The van der Waals surface area contributed by atoms with Crippen molar-refractivity contribution in [3.05, 3.63) is 17.6 Å². The van der Waals surface area contributed by atoms with Gasteiger partial charge < -0.3 is 5.32 Å². The number of imide groups is 1. The molecule has 1 aromatic rings. The van der Waals surface area contributed by atoms with Crippen LogP contribution in [0.2, 0.25) is 0 Å². The lowest BCUT2D eigenvalue weighted by atomic mass is 10.2. The highest BCUT2D eigenvalue weighted by Crippen LogP contribution is 2.11. The number of aryl methyl sites for hydroxylation is 1. The number of nitrogens with one attached hydrogen (secondary N) is 2. The van der Waals surface area contributed by atoms with E-state index in [2.05, 4.69) is 20.6 Å². The quantitative estimate of drug-likeness (QED) is 0.726. The number of hydrogen-bond acceptors (Lipinski definition) is 6. The Hall–Kier alpha value is -2.02. The van der Waals surface area contributed by atoms with Gasteiger partial charge in [-0.3, -0.25) is 19.8 Å². The second-order valence-corrected chi connectivity index (χ2v) is 4.55. The molecule has 7 heteroatoms. The van der Waals surface area contributed by atoms with Gasteiger partial charge in [0, 0.05) is 18.8 Å². The van der Waals surface area contributed by atoms with Crippen LogP contribution in [0.25, 0.3) is 0 Å². The maximum atomic E-state index is 11.6. The van der Waals surface area contributed by atoms with E-state index in [1.54, 1.807) is 18.9 Å². The van der Waals surface area contributed by atoms with Crippen molar-refractivity contribution in [2.24, 2.45) is 0 Å². The van der Waals surface area contributed by atoms with Crippen LogP contribution in [-0.2, 0) is 16.1 Å². The largest absolute Gasteiger partial charge is 0.373 e. The topological polar surface area (TPSA) is 87.2 Å². The summed E-state index contributed by atoms with van der Waals surface area (Å²) in [7, 11) is 1.78. The Morgan fingerprint density at radius 3 is 2.89 bits per heavy atom. The Bertz CT molecular complexity index is 517. The number of aromatic nitrogens is 2. The maximum Gasteiger partial charge on any atom is 0.243 e. The van der Waals surface area contributed by atoms with Gasteiger partial charge in [0.15, 0.2) is 0 Å². The van der Waals surface area contributed by atoms with Crippen LogP contribution in [0.15, 0.2) is 6.07 Å². The molecule has 2 amide bonds. The van der Waals surface area contributed by atoms with Crippen LogP contribution in [0.4, 0.5) is 5.82 Å². The van der Waals surface area contributed by atoms with Gasteiger partial charge >= 0.3 is 0 Å². The molecule has 2 rings (SSSR count). The molecule has 1 aromatic heterocycles. The van der Waals surface area contributed by atoms with Crippen molar-refractivity contribution in [3.8, 4) is 0 Å². The maximum absolute atomic E-state index is 11.6. The molecule has 1 unspecified atom stereocenters. The first kappa shape index (κ1) is 13.4. The first-order valence-corrected chi connectivity index (χ1v) is 6.09. The molecule has 1 atom stereocenters. The minimum atomic E-state index is -0.361. The summed E-state index contributed by atoms with van der Waals surface area (Å²) in [6, 6.07) is 1.47. The second kappa shape index (κ2) is 5.31. The Balaban J connectivity index is 2.17. The van der Waals surface area contributed by atoms with Crippen LogP contribution in [0, 0.1) is 6.92 Å². The Morgan fingerprint density at radius 1 is 1.47 bits per heavy atom. The highest BCUT2D eigenvalue weighted by atomic mass is 16.2. The summed E-state index contributed by atoms with van der Waals surface area (Å²) in [5.74, 6) is 0.754. The molecule has 1 aliphatic rings. The Morgan fingerprint density at radius 2 is 2.21 bits per heavy atom. The van der Waals surface area contributed by atoms with Crippen LogP contribution < -0.4 is 10.6 Å². The molecule has 0 radical (unpaired) electrons. The third-order valence-electron chi connectivity index (χ3n) is 3.04. The third kappa shape index (κ3) is 3.05. The fraction of sp³-hybridized carbons (Fsp3) is 0.500. The fourth-order valence-corrected chi connectivity index (χ4v) is 1.97. The monoisotopic (exact) mass is 263 g/mol. The van der Waals surface area contributed by atoms with Gasteiger partial charge in [-0.25, -0.2) is 9.97 Å². The smallest absolute Gasteiger partial charge is 0.243 e. The number of nitrogens with zero attached hydrogens (tertiary/aromatic N) is 3. The molecule has 1 fully saturated rings. The van der Waals surface area contributed by atoms with Gasteiger partial charge in [-0.1, -0.05) is 0 Å². The highest BCUT2D eigenvalue weighted by Gasteiger charge is 2.30. The van der Waals surface area contributed by atoms with E-state index >= 15 is 0 Å². The normalized spacial score (nSPS) is 20.3. The number of anilines is 1. The van der Waals surface area contributed by atoms with E-state index in [1.165, 1.54) is 0 Å². The van der Waals surface area contributed by atoms with Crippen molar-refractivity contribution < 1.29 is 9.59 Å². The van der Waals surface area contributed by atoms with Crippen molar-refractivity contribution in [3.63, 3.8) is 0 Å². The van der Waals surface area contributed by atoms with Gasteiger partial charge in [0.05, 0.1) is 19.1 Å². The predicted octanol–water partition coefficient (Wildman–Crippen LogP) is -0.326. The number of rotatable bonds is 3. The van der Waals surface area contributed by atoms with Gasteiger partial charge in [0.2, 0.25) is 11.8 Å². The molecule has 1 aliphatic heterocycles. The van der Waals surface area contributed by atoms with E-state index < -0.39 is 0 Å². The van der Waals surface area contributed by atoms with E-state index in [-0.39, 0.29) is 24.4 Å². The van der Waals surface area contributed by atoms with Crippen LogP contribution >= 0.6 is 0 Å². The molecule has 7 nitrogen and oxygen atoms in total. The van der Waals surface area contributed by atoms with Crippen LogP contribution in [0.5, 0.6) is 0 Å². The van der Waals surface area contributed by atoms with Crippen molar-refractivity contribution in [1.29, 1.82) is 0 Å². The average Bonchev–Trinajstić information content (AvgIpc) is 2.34. The molecular weight excluding hydrogens is 246 g/mol. The number of carbonyl (C=O) groups excluding carboxylic acids is 2. The summed E-state index contributed by atoms with van der Waals surface area (Å²) in [6.45, 7) is 4.19. The van der Waals surface area contributed by atoms with Gasteiger partial charge in [0.25, 0.3) is 0 Å². The highest BCUT2D eigenvalue weighted by molar-refractivity contribution is 6.00. The molecular formula is C12H17N5O2. The summed E-state index contributed by atoms with van der Waals surface area (Å²) < 4.78 is 0. The van der Waals surface area contributed by atoms with Gasteiger partial charge in [-0.05, 0) is 13.8 Å². The summed E-state index contributed by atoms with van der Waals surface area (Å²) in [4.78, 5) is 33.4. The van der Waals surface area contributed by atoms with E-state index in [0.29, 0.717) is 12.4 Å².